The van der Waals surface area contributed by atoms with Crippen LogP contribution in [0.4, 0.5) is 0 Å². The Balaban J connectivity index is 1.61. The molecule has 46 heavy (non-hydrogen) atoms. The van der Waals surface area contributed by atoms with Crippen LogP contribution >= 0.6 is 23.2 Å². The lowest BCUT2D eigenvalue weighted by atomic mass is 9.73. The van der Waals surface area contributed by atoms with E-state index in [0.29, 0.717) is 0 Å². The Morgan fingerprint density at radius 2 is 0.500 bits per heavy atom. The van der Waals surface area contributed by atoms with Gasteiger partial charge in [-0.25, -0.2) is 0 Å². The van der Waals surface area contributed by atoms with E-state index in [1.54, 1.807) is 0 Å². The first-order valence-corrected chi connectivity index (χ1v) is 16.7. The van der Waals surface area contributed by atoms with Crippen LogP contribution in [0.5, 0.6) is 0 Å². The Morgan fingerprint density at radius 1 is 0.283 bits per heavy atom. The summed E-state index contributed by atoms with van der Waals surface area (Å²) in [6.45, 7) is 4.51. The predicted molar refractivity (Wildman–Crippen MR) is 203 cm³/mol. The molecule has 0 unspecified atom stereocenters. The van der Waals surface area contributed by atoms with Crippen molar-refractivity contribution in [3.8, 4) is 0 Å². The third kappa shape index (κ3) is 2.25. The minimum absolute atomic E-state index is 0.757. The van der Waals surface area contributed by atoms with Gasteiger partial charge in [0.15, 0.2) is 0 Å². The van der Waals surface area contributed by atoms with E-state index < -0.39 is 0 Å². The van der Waals surface area contributed by atoms with E-state index in [1.807, 2.05) is 0 Å². The second-order valence-corrected chi connectivity index (χ2v) is 14.8. The van der Waals surface area contributed by atoms with E-state index in [4.69, 9.17) is 23.2 Å². The van der Waals surface area contributed by atoms with Gasteiger partial charge in [0.2, 0.25) is 0 Å². The molecule has 0 saturated heterocycles. The number of aryl methyl sites for hydroxylation is 2. The van der Waals surface area contributed by atoms with E-state index in [-0.39, 0.29) is 0 Å². The zero-order chi connectivity index (χ0) is 30.1. The average Bonchev–Trinajstić information content (AvgIpc) is 3.05. The fraction of sp³-hybridized carbons (Fsp3) is 0.0455. The van der Waals surface area contributed by atoms with Crippen LogP contribution in [0.1, 0.15) is 11.1 Å². The minimum atomic E-state index is 0.757. The van der Waals surface area contributed by atoms with Crippen LogP contribution in [0.25, 0.3) is 129 Å². The van der Waals surface area contributed by atoms with Crippen molar-refractivity contribution in [1.82, 2.24) is 0 Å². The molecule has 0 spiro atoms. The molecule has 0 saturated carbocycles. The van der Waals surface area contributed by atoms with E-state index in [0.717, 1.165) is 10.0 Å². The molecule has 0 bridgehead atoms. The predicted octanol–water partition coefficient (Wildman–Crippen LogP) is 14.1. The highest BCUT2D eigenvalue weighted by atomic mass is 35.5. The molecule has 0 N–H and O–H groups in total. The summed E-state index contributed by atoms with van der Waals surface area (Å²) in [4.78, 5) is 0. The Labute approximate surface area is 271 Å². The number of halogens is 2. The van der Waals surface area contributed by atoms with E-state index in [9.17, 15) is 0 Å². The summed E-state index contributed by atoms with van der Waals surface area (Å²) < 4.78 is 0. The number of fused-ring (bicyclic) bond motifs is 6. The van der Waals surface area contributed by atoms with E-state index in [1.165, 1.54) is 140 Å². The van der Waals surface area contributed by atoms with Crippen molar-refractivity contribution >= 4 is 152 Å². The third-order valence-corrected chi connectivity index (χ3v) is 12.1. The fourth-order valence-corrected chi connectivity index (χ4v) is 10.8. The summed E-state index contributed by atoms with van der Waals surface area (Å²) in [7, 11) is 0. The van der Waals surface area contributed by atoms with Crippen LogP contribution < -0.4 is 0 Å². The molecular formula is C44H20Cl2. The Kier molecular flexibility index (Phi) is 3.61. The monoisotopic (exact) mass is 618 g/mol. The molecule has 0 aromatic heterocycles. The number of rotatable bonds is 0. The smallest absolute Gasteiger partial charge is 0.0418 e. The van der Waals surface area contributed by atoms with Crippen LogP contribution in [0.2, 0.25) is 10.0 Å². The number of hydrogen-bond donors (Lipinski definition) is 0. The van der Waals surface area contributed by atoms with Crippen molar-refractivity contribution in [2.24, 2.45) is 0 Å². The molecule has 0 atom stereocenters. The molecule has 13 aromatic carbocycles. The fourth-order valence-electron chi connectivity index (χ4n) is 10.4. The molecule has 0 nitrogen and oxygen atoms in total. The van der Waals surface area contributed by atoms with Gasteiger partial charge in [-0.2, -0.15) is 0 Å². The van der Waals surface area contributed by atoms with Gasteiger partial charge in [0, 0.05) is 10.0 Å². The van der Waals surface area contributed by atoms with Crippen LogP contribution in [0.15, 0.2) is 84.9 Å². The molecule has 0 aliphatic carbocycles. The van der Waals surface area contributed by atoms with Gasteiger partial charge in [-0.15, -0.1) is 0 Å². The molecule has 210 valence electrons. The highest BCUT2D eigenvalue weighted by Gasteiger charge is 2.31. The lowest BCUT2D eigenvalue weighted by Gasteiger charge is -2.29. The molecule has 0 radical (unpaired) electrons. The summed E-state index contributed by atoms with van der Waals surface area (Å²) in [6.07, 6.45) is 0. The second-order valence-electron chi connectivity index (χ2n) is 13.9. The van der Waals surface area contributed by atoms with Gasteiger partial charge in [0.1, 0.15) is 0 Å². The lowest BCUT2D eigenvalue weighted by molar-refractivity contribution is 1.52. The van der Waals surface area contributed by atoms with Gasteiger partial charge in [-0.05, 0) is 179 Å². The topological polar surface area (TPSA) is 0 Å². The highest BCUT2D eigenvalue weighted by Crippen LogP contribution is 2.60. The summed E-state index contributed by atoms with van der Waals surface area (Å²) in [5, 5.41) is 33.5. The van der Waals surface area contributed by atoms with Gasteiger partial charge >= 0.3 is 0 Å². The first-order chi connectivity index (χ1) is 22.5. The maximum atomic E-state index is 7.03. The number of benzene rings is 13. The van der Waals surface area contributed by atoms with Crippen LogP contribution in [0, 0.1) is 13.8 Å². The zero-order valence-corrected chi connectivity index (χ0v) is 26.4. The Bertz CT molecular complexity index is 3040. The van der Waals surface area contributed by atoms with Crippen LogP contribution in [-0.4, -0.2) is 0 Å². The molecular weight excluding hydrogens is 599 g/mol. The maximum Gasteiger partial charge on any atom is 0.0418 e. The van der Waals surface area contributed by atoms with Crippen LogP contribution in [0.3, 0.4) is 0 Å². The third-order valence-electron chi connectivity index (χ3n) is 11.6. The first kappa shape index (κ1) is 23.5. The van der Waals surface area contributed by atoms with Crippen molar-refractivity contribution < 1.29 is 0 Å². The molecule has 0 heterocycles. The summed E-state index contributed by atoms with van der Waals surface area (Å²) >= 11 is 14.1. The van der Waals surface area contributed by atoms with E-state index in [2.05, 4.69) is 98.8 Å². The minimum Gasteiger partial charge on any atom is -0.0843 e. The van der Waals surface area contributed by atoms with Gasteiger partial charge in [-0.1, -0.05) is 83.9 Å². The SMILES string of the molecule is Cc1cc2c3cccc4c5cc(Cl)cc6c7cc(Cl)cc8c9cccc%10c%11cc(C)cc%12c(c1)c2c1c(c34)c(c56)c(c87)c(c%109)c1c%11%12. The highest BCUT2D eigenvalue weighted by molar-refractivity contribution is 6.61. The summed E-state index contributed by atoms with van der Waals surface area (Å²) in [6, 6.07) is 32.3. The van der Waals surface area contributed by atoms with Crippen molar-refractivity contribution in [2.75, 3.05) is 0 Å². The van der Waals surface area contributed by atoms with Crippen molar-refractivity contribution in [3.63, 3.8) is 0 Å². The molecule has 0 aliphatic heterocycles. The molecule has 0 fully saturated rings. The van der Waals surface area contributed by atoms with Crippen molar-refractivity contribution in [3.05, 3.63) is 106 Å². The molecule has 0 amide bonds. The zero-order valence-electron chi connectivity index (χ0n) is 24.8. The standard InChI is InChI=1S/C44H20Cl2/c1-17-9-25-21-5-3-7-23-29-13-19(45)15-31-32-16-20(46)14-30-24-8-4-6-22-26-10-18(2)12-28-27(11-17)35(25)41-39(33(21)23)43(37(29)31)44(38(30)32)40(34(22)24)42(41)36(26)28/h3-16H,1-2H3. The summed E-state index contributed by atoms with van der Waals surface area (Å²) in [5.41, 5.74) is 2.59. The normalized spacial score (nSPS) is 13.7. The van der Waals surface area contributed by atoms with Gasteiger partial charge in [0.05, 0.1) is 0 Å². The van der Waals surface area contributed by atoms with Gasteiger partial charge in [0.25, 0.3) is 0 Å². The maximum absolute atomic E-state index is 7.03. The second kappa shape index (κ2) is 7.08. The largest absolute Gasteiger partial charge is 0.0843 e. The van der Waals surface area contributed by atoms with Crippen LogP contribution in [-0.2, 0) is 0 Å². The van der Waals surface area contributed by atoms with Gasteiger partial charge < -0.3 is 0 Å². The lowest BCUT2D eigenvalue weighted by Crippen LogP contribution is -2.00. The summed E-state index contributed by atoms with van der Waals surface area (Å²) in [5.74, 6) is 0. The van der Waals surface area contributed by atoms with E-state index >= 15 is 0 Å². The Hall–Kier alpha value is -4.88. The molecule has 13 aromatic rings. The van der Waals surface area contributed by atoms with Gasteiger partial charge in [-0.3, -0.25) is 0 Å². The molecule has 0 aliphatic rings. The molecule has 2 heteroatoms. The Morgan fingerprint density at radius 3 is 0.804 bits per heavy atom. The van der Waals surface area contributed by atoms with Crippen molar-refractivity contribution in [2.45, 2.75) is 13.8 Å². The van der Waals surface area contributed by atoms with Crippen molar-refractivity contribution in [1.29, 1.82) is 0 Å². The molecule has 13 rings (SSSR count). The average molecular weight is 620 g/mol. The number of hydrogen-bond acceptors (Lipinski definition) is 0. The quantitative estimate of drug-likeness (QED) is 0.117. The first-order valence-electron chi connectivity index (χ1n) is 16.0.